The van der Waals surface area contributed by atoms with Crippen LogP contribution in [0.2, 0.25) is 0 Å². The standard InChI is InChI=1S/C10H13N7O3S/c1-2-7-14-15-10(21-7)12-9(20)11-3-6-4-17(16-13-6)5-8(18)19/h4H,2-3,5H2,1H3,(H,18,19)(H2,11,12,15,20). The number of nitrogens with zero attached hydrogens (tertiary/aromatic N) is 5. The lowest BCUT2D eigenvalue weighted by atomic mass is 10.5. The summed E-state index contributed by atoms with van der Waals surface area (Å²) in [5, 5.41) is 30.0. The molecule has 112 valence electrons. The van der Waals surface area contributed by atoms with Gasteiger partial charge in [0.25, 0.3) is 0 Å². The van der Waals surface area contributed by atoms with Gasteiger partial charge in [0.05, 0.1) is 12.7 Å². The van der Waals surface area contributed by atoms with E-state index in [1.54, 1.807) is 0 Å². The number of carbonyl (C=O) groups is 2. The first-order valence-electron chi connectivity index (χ1n) is 6.05. The molecule has 2 amide bonds. The van der Waals surface area contributed by atoms with Gasteiger partial charge in [-0.25, -0.2) is 9.48 Å². The Bertz CT molecular complexity index is 638. The molecule has 2 rings (SSSR count). The Labute approximate surface area is 123 Å². The first kappa shape index (κ1) is 14.8. The average Bonchev–Trinajstić information content (AvgIpc) is 3.05. The molecule has 0 aliphatic heterocycles. The molecule has 2 aromatic heterocycles. The highest BCUT2D eigenvalue weighted by Crippen LogP contribution is 2.14. The van der Waals surface area contributed by atoms with E-state index in [2.05, 4.69) is 31.1 Å². The normalized spacial score (nSPS) is 10.3. The van der Waals surface area contributed by atoms with Crippen molar-refractivity contribution >= 4 is 28.5 Å². The number of aliphatic carboxylic acids is 1. The topological polar surface area (TPSA) is 135 Å². The SMILES string of the molecule is CCc1nnc(NC(=O)NCc2cn(CC(=O)O)nn2)s1. The minimum atomic E-state index is -1.01. The van der Waals surface area contributed by atoms with E-state index in [9.17, 15) is 9.59 Å². The fourth-order valence-electron chi connectivity index (χ4n) is 1.39. The van der Waals surface area contributed by atoms with Crippen LogP contribution in [-0.2, 0) is 24.3 Å². The Morgan fingerprint density at radius 1 is 1.38 bits per heavy atom. The maximum absolute atomic E-state index is 11.6. The third-order valence-electron chi connectivity index (χ3n) is 2.30. The van der Waals surface area contributed by atoms with Crippen molar-refractivity contribution in [1.29, 1.82) is 0 Å². The minimum Gasteiger partial charge on any atom is -0.480 e. The van der Waals surface area contributed by atoms with E-state index in [0.29, 0.717) is 10.8 Å². The lowest BCUT2D eigenvalue weighted by Gasteiger charge is -2.02. The summed E-state index contributed by atoms with van der Waals surface area (Å²) in [4.78, 5) is 22.1. The van der Waals surface area contributed by atoms with Crippen molar-refractivity contribution < 1.29 is 14.7 Å². The molecule has 21 heavy (non-hydrogen) atoms. The van der Waals surface area contributed by atoms with Crippen LogP contribution in [0.1, 0.15) is 17.6 Å². The molecule has 10 nitrogen and oxygen atoms in total. The van der Waals surface area contributed by atoms with Gasteiger partial charge in [0.1, 0.15) is 17.2 Å². The summed E-state index contributed by atoms with van der Waals surface area (Å²) in [6.07, 6.45) is 2.21. The van der Waals surface area contributed by atoms with Gasteiger partial charge >= 0.3 is 12.0 Å². The predicted molar refractivity (Wildman–Crippen MR) is 72.8 cm³/mol. The van der Waals surface area contributed by atoms with Crippen LogP contribution in [0.15, 0.2) is 6.20 Å². The zero-order chi connectivity index (χ0) is 15.2. The van der Waals surface area contributed by atoms with Crippen LogP contribution < -0.4 is 10.6 Å². The molecule has 0 atom stereocenters. The van der Waals surface area contributed by atoms with Gasteiger partial charge in [-0.2, -0.15) is 0 Å². The number of aryl methyl sites for hydroxylation is 1. The molecule has 0 aromatic carbocycles. The molecule has 3 N–H and O–H groups in total. The molecule has 0 aliphatic rings. The Morgan fingerprint density at radius 2 is 2.19 bits per heavy atom. The second-order valence-corrected chi connectivity index (χ2v) is 5.03. The van der Waals surface area contributed by atoms with Crippen molar-refractivity contribution in [3.8, 4) is 0 Å². The second-order valence-electron chi connectivity index (χ2n) is 3.96. The van der Waals surface area contributed by atoms with Gasteiger partial charge in [-0.3, -0.25) is 10.1 Å². The Hall–Kier alpha value is -2.56. The van der Waals surface area contributed by atoms with E-state index in [1.165, 1.54) is 22.2 Å². The van der Waals surface area contributed by atoms with Crippen LogP contribution in [0.25, 0.3) is 0 Å². The lowest BCUT2D eigenvalue weighted by Crippen LogP contribution is -2.28. The third kappa shape index (κ3) is 4.49. The van der Waals surface area contributed by atoms with Crippen molar-refractivity contribution in [2.45, 2.75) is 26.4 Å². The Balaban J connectivity index is 1.80. The van der Waals surface area contributed by atoms with Gasteiger partial charge in [-0.1, -0.05) is 23.5 Å². The number of carboxylic acids is 1. The lowest BCUT2D eigenvalue weighted by molar-refractivity contribution is -0.137. The second kappa shape index (κ2) is 6.74. The molecule has 0 aliphatic carbocycles. The van der Waals surface area contributed by atoms with Crippen LogP contribution in [0.3, 0.4) is 0 Å². The number of hydrogen-bond donors (Lipinski definition) is 3. The van der Waals surface area contributed by atoms with E-state index in [1.807, 2.05) is 6.92 Å². The fourth-order valence-corrected chi connectivity index (χ4v) is 2.07. The zero-order valence-electron chi connectivity index (χ0n) is 11.1. The number of anilines is 1. The molecule has 0 spiro atoms. The summed E-state index contributed by atoms with van der Waals surface area (Å²) >= 11 is 1.30. The molecule has 11 heteroatoms. The molecule has 0 fully saturated rings. The minimum absolute atomic E-state index is 0.130. The molecular formula is C10H13N7O3S. The van der Waals surface area contributed by atoms with Gasteiger partial charge in [0.15, 0.2) is 0 Å². The van der Waals surface area contributed by atoms with E-state index in [-0.39, 0.29) is 13.1 Å². The number of hydrogen-bond acceptors (Lipinski definition) is 7. The Kier molecular flexibility index (Phi) is 4.77. The number of carbonyl (C=O) groups excluding carboxylic acids is 1. The van der Waals surface area contributed by atoms with Gasteiger partial charge in [-0.15, -0.1) is 15.3 Å². The largest absolute Gasteiger partial charge is 0.480 e. The van der Waals surface area contributed by atoms with Crippen LogP contribution in [0.4, 0.5) is 9.93 Å². The first-order valence-corrected chi connectivity index (χ1v) is 6.86. The van der Waals surface area contributed by atoms with E-state index in [4.69, 9.17) is 5.11 Å². The molecule has 0 unspecified atom stereocenters. The molecule has 0 radical (unpaired) electrons. The third-order valence-corrected chi connectivity index (χ3v) is 3.29. The summed E-state index contributed by atoms with van der Waals surface area (Å²) < 4.78 is 1.18. The van der Waals surface area contributed by atoms with E-state index in [0.717, 1.165) is 11.4 Å². The highest BCUT2D eigenvalue weighted by Gasteiger charge is 2.08. The van der Waals surface area contributed by atoms with E-state index >= 15 is 0 Å². The van der Waals surface area contributed by atoms with Crippen LogP contribution in [-0.4, -0.2) is 42.3 Å². The molecule has 0 saturated carbocycles. The average molecular weight is 311 g/mol. The smallest absolute Gasteiger partial charge is 0.325 e. The van der Waals surface area contributed by atoms with Gasteiger partial charge in [0.2, 0.25) is 5.13 Å². The molecule has 2 aromatic rings. The fraction of sp³-hybridized carbons (Fsp3) is 0.400. The van der Waals surface area contributed by atoms with Crippen LogP contribution in [0, 0.1) is 0 Å². The summed E-state index contributed by atoms with van der Waals surface area (Å²) in [6.45, 7) is 1.81. The van der Waals surface area contributed by atoms with Crippen molar-refractivity contribution in [2.24, 2.45) is 0 Å². The Morgan fingerprint density at radius 3 is 2.86 bits per heavy atom. The number of nitrogens with one attached hydrogen (secondary N) is 2. The molecular weight excluding hydrogens is 298 g/mol. The maximum atomic E-state index is 11.6. The summed E-state index contributed by atoms with van der Waals surface area (Å²) in [6, 6.07) is -0.443. The quantitative estimate of drug-likeness (QED) is 0.688. The number of urea groups is 1. The maximum Gasteiger partial charge on any atom is 0.325 e. The number of aromatic nitrogens is 5. The number of rotatable bonds is 6. The van der Waals surface area contributed by atoms with Crippen molar-refractivity contribution in [2.75, 3.05) is 5.32 Å². The van der Waals surface area contributed by atoms with Gasteiger partial charge < -0.3 is 10.4 Å². The number of carboxylic acid groups (broad SMARTS) is 1. The molecule has 2 heterocycles. The van der Waals surface area contributed by atoms with Crippen molar-refractivity contribution in [1.82, 2.24) is 30.5 Å². The van der Waals surface area contributed by atoms with Crippen molar-refractivity contribution in [3.05, 3.63) is 16.9 Å². The monoisotopic (exact) mass is 311 g/mol. The summed E-state index contributed by atoms with van der Waals surface area (Å²) in [5.74, 6) is -1.01. The zero-order valence-corrected chi connectivity index (χ0v) is 11.9. The first-order chi connectivity index (χ1) is 10.1. The number of amides is 2. The highest BCUT2D eigenvalue weighted by molar-refractivity contribution is 7.15. The van der Waals surface area contributed by atoms with Crippen molar-refractivity contribution in [3.63, 3.8) is 0 Å². The van der Waals surface area contributed by atoms with Gasteiger partial charge in [-0.05, 0) is 6.42 Å². The van der Waals surface area contributed by atoms with Gasteiger partial charge in [0, 0.05) is 0 Å². The highest BCUT2D eigenvalue weighted by atomic mass is 32.1. The van der Waals surface area contributed by atoms with Crippen LogP contribution >= 0.6 is 11.3 Å². The molecule has 0 saturated heterocycles. The summed E-state index contributed by atoms with van der Waals surface area (Å²) in [7, 11) is 0. The summed E-state index contributed by atoms with van der Waals surface area (Å²) in [5.41, 5.74) is 0.456. The predicted octanol–water partition coefficient (Wildman–Crippen LogP) is 0.0983. The van der Waals surface area contributed by atoms with Crippen LogP contribution in [0.5, 0.6) is 0 Å². The molecule has 0 bridgehead atoms. The van der Waals surface area contributed by atoms with E-state index < -0.39 is 12.0 Å².